The molecule has 5 nitrogen and oxygen atoms in total. The van der Waals surface area contributed by atoms with Crippen LogP contribution in [0.2, 0.25) is 0 Å². The first-order valence-corrected chi connectivity index (χ1v) is 4.23. The molecule has 76 valence electrons. The van der Waals surface area contributed by atoms with Crippen molar-refractivity contribution in [2.75, 3.05) is 13.1 Å². The van der Waals surface area contributed by atoms with Gasteiger partial charge in [-0.3, -0.25) is 0 Å². The summed E-state index contributed by atoms with van der Waals surface area (Å²) in [6.07, 6.45) is 2.17. The number of hydrogen-bond acceptors (Lipinski definition) is 5. The third-order valence-electron chi connectivity index (χ3n) is 1.50. The average Bonchev–Trinajstić information content (AvgIpc) is 2.01. The third-order valence-corrected chi connectivity index (χ3v) is 1.50. The van der Waals surface area contributed by atoms with E-state index >= 15 is 0 Å². The third kappa shape index (κ3) is 20.9. The Morgan fingerprint density at radius 3 is 2.00 bits per heavy atom. The molecule has 0 aliphatic heterocycles. The second-order valence-corrected chi connectivity index (χ2v) is 2.73. The Hall–Kier alpha value is 0.900. The van der Waals surface area contributed by atoms with Crippen LogP contribution in [0.25, 0.3) is 0 Å². The van der Waals surface area contributed by atoms with Crippen molar-refractivity contribution in [2.45, 2.75) is 25.7 Å². The molecule has 1 N–H and O–H groups in total. The fraction of sp³-hybridized carbons (Fsp3) is 0.750. The molecule has 0 atom stereocenters. The van der Waals surface area contributed by atoms with Crippen molar-refractivity contribution in [3.05, 3.63) is 0 Å². The van der Waals surface area contributed by atoms with E-state index in [1.165, 1.54) is 0 Å². The van der Waals surface area contributed by atoms with E-state index in [0.717, 1.165) is 12.8 Å². The van der Waals surface area contributed by atoms with Gasteiger partial charge in [0, 0.05) is 12.5 Å². The summed E-state index contributed by atoms with van der Waals surface area (Å²) in [5, 5.41) is 22.5. The van der Waals surface area contributed by atoms with Gasteiger partial charge in [-0.1, -0.05) is 6.42 Å². The first-order valence-electron chi connectivity index (χ1n) is 4.23. The predicted octanol–water partition coefficient (Wildman–Crippen LogP) is -8.36. The Morgan fingerprint density at radius 1 is 0.933 bits per heavy atom. The molecule has 0 aliphatic rings. The van der Waals surface area contributed by atoms with Crippen LogP contribution in [0.4, 0.5) is 0 Å². The minimum absolute atomic E-state index is 0. The van der Waals surface area contributed by atoms with Crippen LogP contribution in [-0.4, -0.2) is 25.0 Å². The zero-order valence-corrected chi connectivity index (χ0v) is 13.4. The molecule has 0 rings (SSSR count). The van der Waals surface area contributed by atoms with E-state index in [9.17, 15) is 19.8 Å². The number of rotatable bonds is 8. The molecule has 0 unspecified atom stereocenters. The van der Waals surface area contributed by atoms with E-state index in [1.54, 1.807) is 0 Å². The zero-order valence-electron chi connectivity index (χ0n) is 9.38. The second kappa shape index (κ2) is 14.9. The van der Waals surface area contributed by atoms with Gasteiger partial charge < -0.3 is 25.1 Å². The van der Waals surface area contributed by atoms with Gasteiger partial charge in [0.1, 0.15) is 0 Å². The van der Waals surface area contributed by atoms with Crippen molar-refractivity contribution in [1.82, 2.24) is 5.32 Å². The molecule has 0 amide bonds. The van der Waals surface area contributed by atoms with Crippen molar-refractivity contribution in [1.29, 1.82) is 0 Å². The number of nitrogens with one attached hydrogen (secondary N) is 1. The fourth-order valence-electron chi connectivity index (χ4n) is 0.887. The molecular formula is C8H13NNa2O4. The summed E-state index contributed by atoms with van der Waals surface area (Å²) >= 11 is 0. The Kier molecular flexibility index (Phi) is 21.1. The number of carboxylic acid groups (broad SMARTS) is 2. The summed E-state index contributed by atoms with van der Waals surface area (Å²) in [6.45, 7) is 0.418. The van der Waals surface area contributed by atoms with Gasteiger partial charge in [0.15, 0.2) is 0 Å². The Labute approximate surface area is 134 Å². The zero-order chi connectivity index (χ0) is 10.1. The van der Waals surface area contributed by atoms with Crippen LogP contribution in [0, 0.1) is 0 Å². The summed E-state index contributed by atoms with van der Waals surface area (Å²) in [6, 6.07) is 0. The maximum absolute atomic E-state index is 9.96. The van der Waals surface area contributed by atoms with Gasteiger partial charge in [-0.25, -0.2) is 0 Å². The van der Waals surface area contributed by atoms with Crippen LogP contribution in [0.1, 0.15) is 25.7 Å². The van der Waals surface area contributed by atoms with Gasteiger partial charge in [-0.15, -0.1) is 0 Å². The van der Waals surface area contributed by atoms with Crippen molar-refractivity contribution in [3.63, 3.8) is 0 Å². The van der Waals surface area contributed by atoms with Gasteiger partial charge in [-0.2, -0.15) is 0 Å². The normalized spacial score (nSPS) is 8.53. The maximum atomic E-state index is 9.96. The number of carbonyl (C=O) groups excluding carboxylic acids is 2. The summed E-state index contributed by atoms with van der Waals surface area (Å²) in [4.78, 5) is 19.9. The van der Waals surface area contributed by atoms with Crippen molar-refractivity contribution in [3.8, 4) is 0 Å². The molecule has 0 saturated heterocycles. The van der Waals surface area contributed by atoms with E-state index in [2.05, 4.69) is 5.32 Å². The maximum Gasteiger partial charge on any atom is 1.00 e. The van der Waals surface area contributed by atoms with E-state index in [1.807, 2.05) is 0 Å². The van der Waals surface area contributed by atoms with Crippen molar-refractivity contribution in [2.24, 2.45) is 0 Å². The molecule has 0 saturated carbocycles. The molecule has 0 spiro atoms. The van der Waals surface area contributed by atoms with E-state index < -0.39 is 11.9 Å². The van der Waals surface area contributed by atoms with Crippen molar-refractivity contribution >= 4 is 11.9 Å². The van der Waals surface area contributed by atoms with Crippen LogP contribution in [0.15, 0.2) is 0 Å². The summed E-state index contributed by atoms with van der Waals surface area (Å²) in [5.74, 6) is -2.17. The van der Waals surface area contributed by atoms with Crippen LogP contribution >= 0.6 is 0 Å². The van der Waals surface area contributed by atoms with Gasteiger partial charge in [0.05, 0.1) is 5.97 Å². The number of carboxylic acids is 2. The Morgan fingerprint density at radius 2 is 1.53 bits per heavy atom. The molecule has 15 heavy (non-hydrogen) atoms. The van der Waals surface area contributed by atoms with Gasteiger partial charge in [-0.05, 0) is 25.8 Å². The van der Waals surface area contributed by atoms with Crippen LogP contribution < -0.4 is 74.6 Å². The molecule has 0 bridgehead atoms. The van der Waals surface area contributed by atoms with Gasteiger partial charge in [0.2, 0.25) is 0 Å². The standard InChI is InChI=1S/C8H15NO4.2Na/c10-7(11)4-2-1-3-5-9-6-8(12)13;;/h9H,1-6H2,(H,10,11)(H,12,13);;/q;2*+1/p-2. The summed E-state index contributed by atoms with van der Waals surface area (Å²) < 4.78 is 0. The van der Waals surface area contributed by atoms with Gasteiger partial charge >= 0.3 is 59.1 Å². The first kappa shape index (κ1) is 21.2. The van der Waals surface area contributed by atoms with E-state index in [0.29, 0.717) is 13.0 Å². The quantitative estimate of drug-likeness (QED) is 0.332. The Bertz CT molecular complexity index is 160. The molecular weight excluding hydrogens is 220 g/mol. The molecule has 0 aromatic carbocycles. The van der Waals surface area contributed by atoms with Crippen LogP contribution in [0.3, 0.4) is 0 Å². The monoisotopic (exact) mass is 233 g/mol. The summed E-state index contributed by atoms with van der Waals surface area (Å²) in [5.41, 5.74) is 0. The Balaban J connectivity index is -0.000000720. The predicted molar refractivity (Wildman–Crippen MR) is 41.4 cm³/mol. The molecule has 0 aromatic rings. The number of carbonyl (C=O) groups is 2. The first-order chi connectivity index (χ1) is 6.13. The van der Waals surface area contributed by atoms with Gasteiger partial charge in [0.25, 0.3) is 0 Å². The van der Waals surface area contributed by atoms with E-state index in [-0.39, 0.29) is 72.1 Å². The molecule has 0 aromatic heterocycles. The minimum atomic E-state index is -1.13. The molecule has 0 radical (unpaired) electrons. The number of unbranched alkanes of at least 4 members (excludes halogenated alkanes) is 2. The van der Waals surface area contributed by atoms with Crippen molar-refractivity contribution < 1.29 is 78.9 Å². The molecule has 0 aliphatic carbocycles. The fourth-order valence-corrected chi connectivity index (χ4v) is 0.887. The SMILES string of the molecule is O=C([O-])CCCCCNCC(=O)[O-].[Na+].[Na+]. The molecule has 7 heteroatoms. The largest absolute Gasteiger partial charge is 1.00 e. The minimum Gasteiger partial charge on any atom is -0.550 e. The topological polar surface area (TPSA) is 92.3 Å². The molecule has 0 fully saturated rings. The molecule has 0 heterocycles. The van der Waals surface area contributed by atoms with E-state index in [4.69, 9.17) is 0 Å². The smallest absolute Gasteiger partial charge is 0.550 e. The van der Waals surface area contributed by atoms with Crippen LogP contribution in [-0.2, 0) is 9.59 Å². The second-order valence-electron chi connectivity index (χ2n) is 2.73. The number of aliphatic carboxylic acids is 2. The average molecular weight is 233 g/mol. The number of hydrogen-bond donors (Lipinski definition) is 1. The summed E-state index contributed by atoms with van der Waals surface area (Å²) in [7, 11) is 0. The van der Waals surface area contributed by atoms with Crippen LogP contribution in [0.5, 0.6) is 0 Å².